The van der Waals surface area contributed by atoms with Gasteiger partial charge in [0.2, 0.25) is 0 Å². The number of amides is 2. The highest BCUT2D eigenvalue weighted by Crippen LogP contribution is 2.58. The molecule has 4 atom stereocenters. The Morgan fingerprint density at radius 1 is 1.28 bits per heavy atom. The normalized spacial score (nSPS) is 29.5. The quantitative estimate of drug-likeness (QED) is 0.753. The SMILES string of the molecule is CC1C2CCC(N(CCCN3CCN(C)CC3)C(=O)Nc3ccc(F)c(Cl)c3)C12. The zero-order chi connectivity index (χ0) is 20.5. The number of nitrogens with zero attached hydrogens (tertiary/aromatic N) is 3. The molecule has 1 aromatic rings. The van der Waals surface area contributed by atoms with E-state index in [1.165, 1.54) is 18.6 Å². The van der Waals surface area contributed by atoms with Crippen molar-refractivity contribution in [1.29, 1.82) is 0 Å². The minimum absolute atomic E-state index is 0.0289. The van der Waals surface area contributed by atoms with Gasteiger partial charge in [-0.1, -0.05) is 18.5 Å². The highest BCUT2D eigenvalue weighted by Gasteiger charge is 2.57. The first-order valence-electron chi connectivity index (χ1n) is 10.9. The molecular weight excluding hydrogens is 391 g/mol. The number of halogens is 2. The van der Waals surface area contributed by atoms with E-state index in [0.29, 0.717) is 17.6 Å². The lowest BCUT2D eigenvalue weighted by molar-refractivity contribution is 0.140. The van der Waals surface area contributed by atoms with Gasteiger partial charge in [0.15, 0.2) is 0 Å². The van der Waals surface area contributed by atoms with E-state index in [1.807, 2.05) is 4.90 Å². The van der Waals surface area contributed by atoms with Crippen molar-refractivity contribution >= 4 is 23.3 Å². The third-order valence-corrected chi connectivity index (χ3v) is 7.47. The molecule has 3 aliphatic rings. The zero-order valence-corrected chi connectivity index (χ0v) is 18.2. The van der Waals surface area contributed by atoms with Crippen LogP contribution in [-0.4, -0.2) is 73.1 Å². The summed E-state index contributed by atoms with van der Waals surface area (Å²) in [7, 11) is 2.17. The van der Waals surface area contributed by atoms with E-state index in [1.54, 1.807) is 6.07 Å². The van der Waals surface area contributed by atoms with Gasteiger partial charge in [-0.2, -0.15) is 0 Å². The van der Waals surface area contributed by atoms with Crippen LogP contribution in [0.2, 0.25) is 5.02 Å². The Bertz CT molecular complexity index is 740. The number of rotatable bonds is 6. The van der Waals surface area contributed by atoms with Crippen molar-refractivity contribution in [3.63, 3.8) is 0 Å². The Labute approximate surface area is 178 Å². The number of fused-ring (bicyclic) bond motifs is 1. The Morgan fingerprint density at radius 3 is 2.69 bits per heavy atom. The molecular formula is C22H32ClFN4O. The van der Waals surface area contributed by atoms with Crippen LogP contribution in [-0.2, 0) is 0 Å². The second kappa shape index (κ2) is 8.78. The second-order valence-corrected chi connectivity index (χ2v) is 9.40. The first-order valence-corrected chi connectivity index (χ1v) is 11.3. The van der Waals surface area contributed by atoms with Crippen LogP contribution in [0.5, 0.6) is 0 Å². The minimum Gasteiger partial charge on any atom is -0.321 e. The summed E-state index contributed by atoms with van der Waals surface area (Å²) in [6.07, 6.45) is 3.29. The summed E-state index contributed by atoms with van der Waals surface area (Å²) in [6, 6.07) is 4.58. The molecule has 5 nitrogen and oxygen atoms in total. The summed E-state index contributed by atoms with van der Waals surface area (Å²) in [5, 5.41) is 2.98. The zero-order valence-electron chi connectivity index (χ0n) is 17.4. The van der Waals surface area contributed by atoms with Gasteiger partial charge in [0, 0.05) is 44.5 Å². The molecule has 1 N–H and O–H groups in total. The van der Waals surface area contributed by atoms with Gasteiger partial charge < -0.3 is 20.0 Å². The Balaban J connectivity index is 1.38. The maximum absolute atomic E-state index is 13.4. The molecule has 4 rings (SSSR count). The van der Waals surface area contributed by atoms with E-state index in [4.69, 9.17) is 11.6 Å². The van der Waals surface area contributed by atoms with Gasteiger partial charge in [-0.05, 0) is 68.8 Å². The summed E-state index contributed by atoms with van der Waals surface area (Å²) in [5.41, 5.74) is 0.545. The van der Waals surface area contributed by atoms with Crippen LogP contribution < -0.4 is 5.32 Å². The molecule has 2 aliphatic carbocycles. The molecule has 0 spiro atoms. The molecule has 160 valence electrons. The van der Waals surface area contributed by atoms with Crippen molar-refractivity contribution < 1.29 is 9.18 Å². The fourth-order valence-electron chi connectivity index (χ4n) is 5.31. The molecule has 1 heterocycles. The molecule has 2 amide bonds. The predicted octanol–water partition coefficient (Wildman–Crippen LogP) is 4.00. The number of likely N-dealkylation sites (N-methyl/N-ethyl adjacent to an activating group) is 1. The Kier molecular flexibility index (Phi) is 6.32. The van der Waals surface area contributed by atoms with E-state index in [0.717, 1.165) is 63.9 Å². The predicted molar refractivity (Wildman–Crippen MR) is 115 cm³/mol. The van der Waals surface area contributed by atoms with E-state index in [-0.39, 0.29) is 11.1 Å². The fraction of sp³-hybridized carbons (Fsp3) is 0.682. The molecule has 3 fully saturated rings. The number of carbonyl (C=O) groups is 1. The van der Waals surface area contributed by atoms with Crippen LogP contribution in [0.1, 0.15) is 26.2 Å². The number of hydrogen-bond donors (Lipinski definition) is 1. The Hall–Kier alpha value is -1.37. The van der Waals surface area contributed by atoms with Crippen LogP contribution in [0.4, 0.5) is 14.9 Å². The van der Waals surface area contributed by atoms with Crippen LogP contribution >= 0.6 is 11.6 Å². The second-order valence-electron chi connectivity index (χ2n) is 9.00. The monoisotopic (exact) mass is 422 g/mol. The molecule has 0 aromatic heterocycles. The molecule has 29 heavy (non-hydrogen) atoms. The van der Waals surface area contributed by atoms with Crippen LogP contribution in [0.25, 0.3) is 0 Å². The van der Waals surface area contributed by atoms with E-state index in [9.17, 15) is 9.18 Å². The van der Waals surface area contributed by atoms with Gasteiger partial charge in [0.25, 0.3) is 0 Å². The largest absolute Gasteiger partial charge is 0.322 e. The molecule has 4 unspecified atom stereocenters. The molecule has 0 bridgehead atoms. The lowest BCUT2D eigenvalue weighted by Crippen LogP contribution is -2.47. The molecule has 7 heteroatoms. The number of hydrogen-bond acceptors (Lipinski definition) is 3. The van der Waals surface area contributed by atoms with Crippen LogP contribution in [0.3, 0.4) is 0 Å². The fourth-order valence-corrected chi connectivity index (χ4v) is 5.49. The smallest absolute Gasteiger partial charge is 0.321 e. The topological polar surface area (TPSA) is 38.8 Å². The van der Waals surface area contributed by atoms with Crippen molar-refractivity contribution in [2.24, 2.45) is 17.8 Å². The Morgan fingerprint density at radius 2 is 2.03 bits per heavy atom. The maximum Gasteiger partial charge on any atom is 0.322 e. The summed E-state index contributed by atoms with van der Waals surface area (Å²) < 4.78 is 13.4. The number of nitrogens with one attached hydrogen (secondary N) is 1. The summed E-state index contributed by atoms with van der Waals surface area (Å²) >= 11 is 5.88. The molecule has 2 saturated carbocycles. The number of anilines is 1. The van der Waals surface area contributed by atoms with E-state index >= 15 is 0 Å². The van der Waals surface area contributed by atoms with E-state index < -0.39 is 5.82 Å². The van der Waals surface area contributed by atoms with Crippen molar-refractivity contribution in [1.82, 2.24) is 14.7 Å². The van der Waals surface area contributed by atoms with Gasteiger partial charge in [-0.3, -0.25) is 0 Å². The average molecular weight is 423 g/mol. The molecule has 1 aliphatic heterocycles. The van der Waals surface area contributed by atoms with Crippen molar-refractivity contribution in [2.45, 2.75) is 32.2 Å². The third-order valence-electron chi connectivity index (χ3n) is 7.18. The van der Waals surface area contributed by atoms with Crippen molar-refractivity contribution in [3.05, 3.63) is 29.0 Å². The molecule has 1 aromatic carbocycles. The van der Waals surface area contributed by atoms with Gasteiger partial charge in [-0.25, -0.2) is 9.18 Å². The lowest BCUT2D eigenvalue weighted by atomic mass is 10.1. The van der Waals surface area contributed by atoms with Crippen molar-refractivity contribution in [2.75, 3.05) is 51.6 Å². The number of piperazine rings is 1. The highest BCUT2D eigenvalue weighted by molar-refractivity contribution is 6.31. The average Bonchev–Trinajstić information content (AvgIpc) is 3.12. The van der Waals surface area contributed by atoms with Crippen LogP contribution in [0.15, 0.2) is 18.2 Å². The first kappa shape index (κ1) is 20.9. The summed E-state index contributed by atoms with van der Waals surface area (Å²) in [6.45, 7) is 8.51. The number of carbonyl (C=O) groups excluding carboxylic acids is 1. The summed E-state index contributed by atoms with van der Waals surface area (Å²) in [4.78, 5) is 20.0. The van der Waals surface area contributed by atoms with Gasteiger partial charge in [-0.15, -0.1) is 0 Å². The first-order chi connectivity index (χ1) is 13.9. The third kappa shape index (κ3) is 4.70. The maximum atomic E-state index is 13.4. The lowest BCUT2D eigenvalue weighted by Gasteiger charge is -2.34. The van der Waals surface area contributed by atoms with Gasteiger partial charge in [0.05, 0.1) is 5.02 Å². The highest BCUT2D eigenvalue weighted by atomic mass is 35.5. The standard InChI is InChI=1S/C22H32ClFN4O/c1-15-17-5-7-20(21(15)17)28(9-3-8-27-12-10-26(2)11-13-27)22(29)25-16-4-6-19(24)18(23)14-16/h4,6,14-15,17,20-21H,3,5,7-13H2,1-2H3,(H,25,29). The number of benzene rings is 1. The minimum atomic E-state index is -0.473. The summed E-state index contributed by atoms with van der Waals surface area (Å²) in [5.74, 6) is 1.68. The van der Waals surface area contributed by atoms with Crippen molar-refractivity contribution in [3.8, 4) is 0 Å². The van der Waals surface area contributed by atoms with Gasteiger partial charge in [0.1, 0.15) is 5.82 Å². The molecule has 1 saturated heterocycles. The molecule has 0 radical (unpaired) electrons. The van der Waals surface area contributed by atoms with Gasteiger partial charge >= 0.3 is 6.03 Å². The number of urea groups is 1. The van der Waals surface area contributed by atoms with Crippen LogP contribution in [0, 0.1) is 23.6 Å². The van der Waals surface area contributed by atoms with E-state index in [2.05, 4.69) is 29.1 Å².